The van der Waals surface area contributed by atoms with Crippen LogP contribution in [0.5, 0.6) is 0 Å². The highest BCUT2D eigenvalue weighted by Crippen LogP contribution is 2.69. The number of hydrogen-bond acceptors (Lipinski definition) is 0. The van der Waals surface area contributed by atoms with Crippen LogP contribution in [-0.4, -0.2) is 27.3 Å². The lowest BCUT2D eigenvalue weighted by molar-refractivity contribution is -0.00000549. The van der Waals surface area contributed by atoms with E-state index in [1.54, 1.807) is 0 Å². The van der Waals surface area contributed by atoms with Crippen molar-refractivity contribution in [3.63, 3.8) is 0 Å². The van der Waals surface area contributed by atoms with E-state index in [1.165, 1.54) is 0 Å². The molecule has 0 aromatic rings. The van der Waals surface area contributed by atoms with Crippen LogP contribution < -0.4 is 17.0 Å². The Labute approximate surface area is 143 Å². The fourth-order valence-corrected chi connectivity index (χ4v) is 22.5. The first-order chi connectivity index (χ1) is 7.97. The van der Waals surface area contributed by atoms with Crippen LogP contribution in [0.15, 0.2) is 0 Å². The lowest BCUT2D eigenvalue weighted by Crippen LogP contribution is -3.00. The predicted octanol–water partition coefficient (Wildman–Crippen LogP) is 2.61. The summed E-state index contributed by atoms with van der Waals surface area (Å²) in [7, 11) is -0.538. The van der Waals surface area contributed by atoms with Gasteiger partial charge in [0.25, 0.3) is 6.72 Å². The van der Waals surface area contributed by atoms with Crippen LogP contribution in [0, 0.1) is 0 Å². The molecule has 0 rings (SSSR count). The van der Waals surface area contributed by atoms with Crippen molar-refractivity contribution < 1.29 is 17.0 Å². The van der Waals surface area contributed by atoms with Crippen molar-refractivity contribution in [1.82, 2.24) is 0 Å². The van der Waals surface area contributed by atoms with Gasteiger partial charge in [-0.1, -0.05) is 0 Å². The van der Waals surface area contributed by atoms with E-state index in [0.717, 1.165) is 0 Å². The van der Waals surface area contributed by atoms with E-state index < -0.39 is 0 Å². The second-order valence-corrected chi connectivity index (χ2v) is 21.0. The second kappa shape index (κ2) is 7.32. The minimum absolute atomic E-state index is 0. The molecule has 0 amide bonds. The summed E-state index contributed by atoms with van der Waals surface area (Å²) in [4.78, 5) is 0. The molecule has 0 aromatic carbocycles. The van der Waals surface area contributed by atoms with Gasteiger partial charge >= 0.3 is 0 Å². The minimum Gasteiger partial charge on any atom is -1.00 e. The Morgan fingerprint density at radius 3 is 0.700 bits per heavy atom. The smallest absolute Gasteiger partial charge is 0.292 e. The molecule has 0 saturated heterocycles. The molecule has 0 aliphatic rings. The molecule has 0 saturated carbocycles. The zero-order valence-electron chi connectivity index (χ0n) is 16.4. The van der Waals surface area contributed by atoms with E-state index in [1.807, 2.05) is 0 Å². The molecule has 0 radical (unpaired) electrons. The molecule has 0 fully saturated rings. The summed E-state index contributed by atoms with van der Waals surface area (Å²) >= 11 is 0. The molecule has 0 aliphatic carbocycles. The maximum Gasteiger partial charge on any atom is 0.292 e. The van der Waals surface area contributed by atoms with Gasteiger partial charge in [0.2, 0.25) is 0 Å². The van der Waals surface area contributed by atoms with Gasteiger partial charge in [-0.05, 0) is 83.1 Å². The van der Waals surface area contributed by atoms with Gasteiger partial charge in [0.05, 0.1) is 0 Å². The summed E-state index contributed by atoms with van der Waals surface area (Å²) in [6.45, 7) is 30.2. The summed E-state index contributed by atoms with van der Waals surface area (Å²) in [6, 6.07) is 0. The fraction of sp³-hybridized carbons (Fsp3) is 1.00. The van der Waals surface area contributed by atoms with Gasteiger partial charge in [-0.15, -0.1) is 15.6 Å². The van der Waals surface area contributed by atoms with Crippen LogP contribution in [0.3, 0.4) is 0 Å². The van der Waals surface area contributed by atoms with Crippen molar-refractivity contribution in [1.29, 1.82) is 0 Å². The molecule has 20 heavy (non-hydrogen) atoms. The van der Waals surface area contributed by atoms with Crippen LogP contribution in [0.1, 0.15) is 83.1 Å². The normalized spacial score (nSPS) is 14.7. The van der Waals surface area contributed by atoms with Crippen LogP contribution >= 0.6 is 15.6 Å². The topological polar surface area (TPSA) is 0 Å². The quantitative estimate of drug-likeness (QED) is 0.507. The molecule has 0 unspecified atom stereocenters. The van der Waals surface area contributed by atoms with Gasteiger partial charge in [-0.25, -0.2) is 0 Å². The van der Waals surface area contributed by atoms with Crippen molar-refractivity contribution in [2.75, 3.05) is 0 Å². The number of rotatable bonds is 2. The van der Waals surface area contributed by atoms with Crippen LogP contribution in [0.2, 0.25) is 0 Å². The standard InChI is InChI=1S/C16H40BP2.BrH/c1-13(2,3)18(14(4,5)6)17-19(15(7,8)9)16(10,11)12;/h18-19H,17H2,1-12H3;1H/q+1;/p-1. The van der Waals surface area contributed by atoms with E-state index in [4.69, 9.17) is 0 Å². The summed E-state index contributed by atoms with van der Waals surface area (Å²) < 4.78 is 0. The molecular formula is C16H40BBrP2. The maximum atomic E-state index is 2.50. The Kier molecular flexibility index (Phi) is 8.66. The van der Waals surface area contributed by atoms with Crippen molar-refractivity contribution in [2.45, 2.75) is 104 Å². The average Bonchev–Trinajstić information content (AvgIpc) is 1.91. The Hall–Kier alpha value is 1.40. The Bertz CT molecular complexity index is 232. The van der Waals surface area contributed by atoms with E-state index in [2.05, 4.69) is 83.1 Å². The van der Waals surface area contributed by atoms with Gasteiger partial charge in [0, 0.05) is 20.6 Å². The lowest BCUT2D eigenvalue weighted by atomic mass is 10.2. The number of hydrogen-bond donors (Lipinski definition) is 0. The molecule has 4 heteroatoms. The van der Waals surface area contributed by atoms with Gasteiger partial charge in [0.1, 0.15) is 0 Å². The van der Waals surface area contributed by atoms with Crippen molar-refractivity contribution in [3.8, 4) is 0 Å². The summed E-state index contributed by atoms with van der Waals surface area (Å²) in [5, 5.41) is 2.20. The molecule has 0 aromatic heterocycles. The molecular weight excluding hydrogens is 345 g/mol. The fourth-order valence-electron chi connectivity index (χ4n) is 4.00. The maximum absolute atomic E-state index is 2.50. The molecule has 0 spiro atoms. The summed E-state index contributed by atoms with van der Waals surface area (Å²) in [5.74, 6) is 0. The molecule has 0 atom stereocenters. The first-order valence-electron chi connectivity index (χ1n) is 8.00. The first-order valence-corrected chi connectivity index (χ1v) is 12.0. The van der Waals surface area contributed by atoms with Gasteiger partial charge in [0.15, 0.2) is 0 Å². The van der Waals surface area contributed by atoms with Gasteiger partial charge in [-0.3, -0.25) is 0 Å². The second-order valence-electron chi connectivity index (χ2n) is 10.5. The molecule has 124 valence electrons. The molecule has 0 nitrogen and oxygen atoms in total. The molecule has 0 bridgehead atoms. The Morgan fingerprint density at radius 1 is 0.450 bits per heavy atom. The Balaban J connectivity index is 0. The van der Waals surface area contributed by atoms with Gasteiger partial charge < -0.3 is 17.0 Å². The predicted molar refractivity (Wildman–Crippen MR) is 104 cm³/mol. The highest BCUT2D eigenvalue weighted by atomic mass is 79.9. The van der Waals surface area contributed by atoms with Crippen molar-refractivity contribution in [2.24, 2.45) is 0 Å². The molecule has 0 N–H and O–H groups in total. The van der Waals surface area contributed by atoms with E-state index in [0.29, 0.717) is 20.6 Å². The van der Waals surface area contributed by atoms with Crippen LogP contribution in [0.4, 0.5) is 0 Å². The molecule has 0 heterocycles. The SMILES string of the molecule is CC(C)(C)[PH+]([BH2-][PH+](C(C)(C)C)C(C)(C)C)C(C)(C)C.[Br-]. The summed E-state index contributed by atoms with van der Waals surface area (Å²) in [5.41, 5.74) is 0. The first kappa shape index (κ1) is 23.7. The summed E-state index contributed by atoms with van der Waals surface area (Å²) in [6.07, 6.45) is 0. The average molecular weight is 385 g/mol. The van der Waals surface area contributed by atoms with Crippen LogP contribution in [-0.2, 0) is 0 Å². The lowest BCUT2D eigenvalue weighted by Gasteiger charge is -2.45. The highest BCUT2D eigenvalue weighted by molar-refractivity contribution is 8.16. The van der Waals surface area contributed by atoms with Crippen LogP contribution in [0.25, 0.3) is 0 Å². The third kappa shape index (κ3) is 7.60. The van der Waals surface area contributed by atoms with E-state index >= 15 is 0 Å². The Morgan fingerprint density at radius 2 is 0.600 bits per heavy atom. The highest BCUT2D eigenvalue weighted by Gasteiger charge is 2.47. The van der Waals surface area contributed by atoms with E-state index in [9.17, 15) is 0 Å². The largest absolute Gasteiger partial charge is 1.00 e. The van der Waals surface area contributed by atoms with E-state index in [-0.39, 0.29) is 39.3 Å². The minimum atomic E-state index is -0.269. The van der Waals surface area contributed by atoms with Crippen molar-refractivity contribution in [3.05, 3.63) is 0 Å². The monoisotopic (exact) mass is 384 g/mol. The third-order valence-corrected chi connectivity index (χ3v) is 18.0. The third-order valence-electron chi connectivity index (χ3n) is 5.00. The molecule has 0 aliphatic heterocycles. The zero-order valence-corrected chi connectivity index (χ0v) is 20.0. The number of halogens is 1. The zero-order chi connectivity index (χ0) is 15.9. The van der Waals surface area contributed by atoms with Crippen molar-refractivity contribution >= 4 is 22.3 Å². The van der Waals surface area contributed by atoms with Gasteiger partial charge in [-0.2, -0.15) is 0 Å².